The fraction of sp³-hybridized carbons (Fsp3) is 0.586. The van der Waals surface area contributed by atoms with Crippen molar-refractivity contribution in [2.45, 2.75) is 88.3 Å². The third kappa shape index (κ3) is 2.40. The van der Waals surface area contributed by atoms with Crippen LogP contribution >= 0.6 is 0 Å². The molecule has 2 saturated carbocycles. The van der Waals surface area contributed by atoms with E-state index in [-0.39, 0.29) is 17.8 Å². The van der Waals surface area contributed by atoms with E-state index < -0.39 is 34.5 Å². The maximum absolute atomic E-state index is 13.4. The normalized spacial score (nSPS) is 44.8. The predicted octanol–water partition coefficient (Wildman–Crippen LogP) is 3.87. The van der Waals surface area contributed by atoms with Crippen LogP contribution in [0.5, 0.6) is 0 Å². The van der Waals surface area contributed by atoms with Gasteiger partial charge in [0.2, 0.25) is 0 Å². The van der Waals surface area contributed by atoms with Gasteiger partial charge in [-0.25, -0.2) is 0 Å². The van der Waals surface area contributed by atoms with Crippen LogP contribution < -0.4 is 0 Å². The van der Waals surface area contributed by atoms with Gasteiger partial charge in [-0.3, -0.25) is 9.59 Å². The molecule has 7 atom stereocenters. The summed E-state index contributed by atoms with van der Waals surface area (Å²) in [6.45, 7) is 7.52. The van der Waals surface area contributed by atoms with Gasteiger partial charge in [-0.2, -0.15) is 0 Å². The lowest BCUT2D eigenvalue weighted by Gasteiger charge is -2.67. The molecule has 2 aliphatic heterocycles. The lowest BCUT2D eigenvalue weighted by Crippen LogP contribution is -2.74. The molecule has 5 aliphatic rings. The fourth-order valence-electron chi connectivity index (χ4n) is 8.65. The Morgan fingerprint density at radius 2 is 1.94 bits per heavy atom. The number of aromatic amines is 1. The topological polar surface area (TPSA) is 97.9 Å². The summed E-state index contributed by atoms with van der Waals surface area (Å²) in [5.74, 6) is -1.55. The number of rotatable bonds is 1. The number of ketones is 1. The number of benzene rings is 1. The average Bonchev–Trinajstić information content (AvgIpc) is 3.34. The van der Waals surface area contributed by atoms with Crippen LogP contribution in [0.2, 0.25) is 0 Å². The minimum atomic E-state index is -1.27. The largest absolute Gasteiger partial charge is 0.454 e. The quantitative estimate of drug-likeness (QED) is 0.588. The Morgan fingerprint density at radius 1 is 1.17 bits per heavy atom. The molecule has 190 valence electrons. The summed E-state index contributed by atoms with van der Waals surface area (Å²) < 4.78 is 18.2. The second-order valence-corrected chi connectivity index (χ2v) is 12.3. The molecule has 7 rings (SSSR count). The molecule has 0 unspecified atom stereocenters. The van der Waals surface area contributed by atoms with Gasteiger partial charge >= 0.3 is 5.97 Å². The first kappa shape index (κ1) is 22.7. The molecule has 3 aliphatic carbocycles. The van der Waals surface area contributed by atoms with Gasteiger partial charge in [0.1, 0.15) is 0 Å². The number of aliphatic hydroxyl groups is 1. The molecule has 7 heteroatoms. The lowest BCUT2D eigenvalue weighted by atomic mass is 9.42. The van der Waals surface area contributed by atoms with Crippen molar-refractivity contribution in [2.24, 2.45) is 11.3 Å². The molecule has 2 N–H and O–H groups in total. The number of nitrogens with one attached hydrogen (secondary N) is 1. The zero-order chi connectivity index (χ0) is 25.3. The van der Waals surface area contributed by atoms with Crippen molar-refractivity contribution < 1.29 is 28.9 Å². The summed E-state index contributed by atoms with van der Waals surface area (Å²) in [5.41, 5.74) is 0.933. The molecule has 7 nitrogen and oxygen atoms in total. The summed E-state index contributed by atoms with van der Waals surface area (Å²) in [7, 11) is 0. The zero-order valence-corrected chi connectivity index (χ0v) is 21.3. The van der Waals surface area contributed by atoms with Gasteiger partial charge in [0.25, 0.3) is 0 Å². The van der Waals surface area contributed by atoms with E-state index in [1.165, 1.54) is 23.6 Å². The summed E-state index contributed by atoms with van der Waals surface area (Å²) in [6, 6.07) is 8.43. The third-order valence-electron chi connectivity index (χ3n) is 10.7. The molecule has 0 radical (unpaired) electrons. The van der Waals surface area contributed by atoms with Crippen molar-refractivity contribution >= 4 is 22.7 Å². The van der Waals surface area contributed by atoms with Gasteiger partial charge in [-0.15, -0.1) is 0 Å². The van der Waals surface area contributed by atoms with Gasteiger partial charge in [0.15, 0.2) is 23.3 Å². The number of para-hydroxylation sites is 1. The molecule has 3 fully saturated rings. The highest BCUT2D eigenvalue weighted by Gasteiger charge is 2.74. The van der Waals surface area contributed by atoms with Crippen molar-refractivity contribution in [2.75, 3.05) is 6.61 Å². The van der Waals surface area contributed by atoms with E-state index in [4.69, 9.17) is 14.2 Å². The molecule has 1 saturated heterocycles. The third-order valence-corrected chi connectivity index (χ3v) is 10.7. The molecule has 2 bridgehead atoms. The minimum Gasteiger partial charge on any atom is -0.454 e. The summed E-state index contributed by atoms with van der Waals surface area (Å²) >= 11 is 0. The maximum Gasteiger partial charge on any atom is 0.303 e. The second-order valence-electron chi connectivity index (χ2n) is 12.3. The van der Waals surface area contributed by atoms with Gasteiger partial charge < -0.3 is 24.3 Å². The van der Waals surface area contributed by atoms with Crippen molar-refractivity contribution in [3.63, 3.8) is 0 Å². The number of hydrogen-bond acceptors (Lipinski definition) is 6. The Bertz CT molecular complexity index is 1380. The second kappa shape index (κ2) is 6.69. The standard InChI is InChI=1S/C29H33NO6/c1-16(31)35-25(2)15-34-29-12-11-26(3)27(4)17(13-19-18-7-5-6-8-20(18)30-23(19)27)9-10-28(26,33)22(29)14-21(32)24(25)36-29/h5-8,14,17,24,30,33H,9-13,15H2,1-4H3/t17-,24-,25+,26+,27+,28+,29+/m0/s1. The average molecular weight is 492 g/mol. The van der Waals surface area contributed by atoms with E-state index in [1.54, 1.807) is 13.0 Å². The van der Waals surface area contributed by atoms with Crippen molar-refractivity contribution in [1.29, 1.82) is 0 Å². The molecular weight excluding hydrogens is 458 g/mol. The first-order chi connectivity index (χ1) is 17.0. The number of aromatic nitrogens is 1. The smallest absolute Gasteiger partial charge is 0.303 e. The fourth-order valence-corrected chi connectivity index (χ4v) is 8.65. The van der Waals surface area contributed by atoms with Crippen LogP contribution in [0.1, 0.15) is 64.6 Å². The van der Waals surface area contributed by atoms with Gasteiger partial charge in [0, 0.05) is 46.3 Å². The minimum absolute atomic E-state index is 0.0409. The highest BCUT2D eigenvalue weighted by Crippen LogP contribution is 2.71. The van der Waals surface area contributed by atoms with Gasteiger partial charge in [-0.05, 0) is 56.2 Å². The number of H-pyrrole nitrogens is 1. The first-order valence-electron chi connectivity index (χ1n) is 13.1. The van der Waals surface area contributed by atoms with E-state index in [1.807, 2.05) is 6.07 Å². The van der Waals surface area contributed by atoms with Crippen LogP contribution in [0.25, 0.3) is 10.9 Å². The van der Waals surface area contributed by atoms with Crippen molar-refractivity contribution in [1.82, 2.24) is 4.98 Å². The molecule has 1 aromatic heterocycles. The Balaban J connectivity index is 1.36. The van der Waals surface area contributed by atoms with Crippen LogP contribution in [0, 0.1) is 11.3 Å². The van der Waals surface area contributed by atoms with E-state index >= 15 is 0 Å². The lowest BCUT2D eigenvalue weighted by molar-refractivity contribution is -0.350. The van der Waals surface area contributed by atoms with Crippen LogP contribution in [0.4, 0.5) is 0 Å². The Hall–Kier alpha value is -2.48. The van der Waals surface area contributed by atoms with E-state index in [2.05, 4.69) is 37.0 Å². The zero-order valence-electron chi connectivity index (χ0n) is 21.3. The van der Waals surface area contributed by atoms with E-state index in [0.717, 1.165) is 18.4 Å². The van der Waals surface area contributed by atoms with Crippen LogP contribution in [0.3, 0.4) is 0 Å². The monoisotopic (exact) mass is 491 g/mol. The summed E-state index contributed by atoms with van der Waals surface area (Å²) in [4.78, 5) is 28.9. The molecule has 36 heavy (non-hydrogen) atoms. The number of fused-ring (bicyclic) bond motifs is 9. The molecule has 1 spiro atoms. The Kier molecular flexibility index (Phi) is 4.21. The number of carbonyl (C=O) groups is 2. The number of carbonyl (C=O) groups excluding carboxylic acids is 2. The SMILES string of the molecule is CC(=O)O[C@]1(C)CO[C@@]23CC[C@@]4(C)[C@@](O)(CC[C@H]5Cc6c([nH]c7ccccc67)[C@@]54C)C2=CC(=O)[C@@H]1O3. The van der Waals surface area contributed by atoms with Crippen LogP contribution in [-0.4, -0.2) is 51.5 Å². The molecule has 2 aromatic rings. The molecule has 3 heterocycles. The maximum atomic E-state index is 13.4. The highest BCUT2D eigenvalue weighted by atomic mass is 16.7. The summed E-state index contributed by atoms with van der Waals surface area (Å²) in [6.07, 6.45) is 4.17. The van der Waals surface area contributed by atoms with Crippen molar-refractivity contribution in [3.8, 4) is 0 Å². The highest BCUT2D eigenvalue weighted by molar-refractivity contribution is 5.97. The van der Waals surface area contributed by atoms with Crippen molar-refractivity contribution in [3.05, 3.63) is 47.2 Å². The Labute approximate surface area is 210 Å². The number of hydrogen-bond donors (Lipinski definition) is 2. The molecule has 0 amide bonds. The van der Waals surface area contributed by atoms with E-state index in [0.29, 0.717) is 30.8 Å². The molecular formula is C29H33NO6. The van der Waals surface area contributed by atoms with Crippen LogP contribution in [-0.2, 0) is 35.6 Å². The van der Waals surface area contributed by atoms with Crippen LogP contribution in [0.15, 0.2) is 35.9 Å². The number of ether oxygens (including phenoxy) is 3. The Morgan fingerprint density at radius 3 is 2.72 bits per heavy atom. The first-order valence-corrected chi connectivity index (χ1v) is 13.1. The van der Waals surface area contributed by atoms with E-state index in [9.17, 15) is 14.7 Å². The van der Waals surface area contributed by atoms with Gasteiger partial charge in [0.05, 0.1) is 12.2 Å². The van der Waals surface area contributed by atoms with Gasteiger partial charge in [-0.1, -0.05) is 32.0 Å². The predicted molar refractivity (Wildman–Crippen MR) is 131 cm³/mol. The molecule has 1 aromatic carbocycles. The number of esters is 1. The summed E-state index contributed by atoms with van der Waals surface area (Å²) in [5, 5.41) is 13.9.